The van der Waals surface area contributed by atoms with E-state index >= 15 is 0 Å². The van der Waals surface area contributed by atoms with Gasteiger partial charge in [-0.3, -0.25) is 0 Å². The van der Waals surface area contributed by atoms with Gasteiger partial charge >= 0.3 is 0 Å². The van der Waals surface area contributed by atoms with Crippen molar-refractivity contribution < 1.29 is 0 Å². The van der Waals surface area contributed by atoms with Crippen LogP contribution in [0.25, 0.3) is 11.1 Å². The van der Waals surface area contributed by atoms with Gasteiger partial charge in [0.05, 0.1) is 0 Å². The topological polar surface area (TPSA) is 0 Å². The minimum absolute atomic E-state index is 1.24. The third-order valence-corrected chi connectivity index (χ3v) is 2.26. The molecule has 14 heavy (non-hydrogen) atoms. The Labute approximate surface area is 85.2 Å². The van der Waals surface area contributed by atoms with Gasteiger partial charge in [0.15, 0.2) is 0 Å². The lowest BCUT2D eigenvalue weighted by molar-refractivity contribution is 1.38. The summed E-state index contributed by atoms with van der Waals surface area (Å²) < 4.78 is 0. The number of hydrogen-bond acceptors (Lipinski definition) is 0. The number of benzene rings is 2. The quantitative estimate of drug-likeness (QED) is 0.628. The van der Waals surface area contributed by atoms with E-state index in [1.54, 1.807) is 0 Å². The van der Waals surface area contributed by atoms with E-state index in [0.29, 0.717) is 0 Å². The molecule has 0 spiro atoms. The van der Waals surface area contributed by atoms with E-state index in [1.165, 1.54) is 22.3 Å². The number of hydrogen-bond donors (Lipinski definition) is 0. The first-order chi connectivity index (χ1) is 6.75. The van der Waals surface area contributed by atoms with Crippen molar-refractivity contribution in [2.75, 3.05) is 0 Å². The number of rotatable bonds is 1. The summed E-state index contributed by atoms with van der Waals surface area (Å²) in [5.74, 6) is 0. The maximum atomic E-state index is 3.10. The highest BCUT2D eigenvalue weighted by Gasteiger charge is 1.97. The normalized spacial score (nSPS) is 10.1. The second-order valence-corrected chi connectivity index (χ2v) is 3.67. The minimum atomic E-state index is 1.24. The van der Waals surface area contributed by atoms with Gasteiger partial charge in [0.25, 0.3) is 0 Å². The molecule has 0 heteroatoms. The molecule has 69 valence electrons. The maximum Gasteiger partial charge on any atom is -0.0178 e. The van der Waals surface area contributed by atoms with Crippen LogP contribution in [0.15, 0.2) is 42.5 Å². The van der Waals surface area contributed by atoms with Crippen molar-refractivity contribution in [2.45, 2.75) is 13.8 Å². The zero-order valence-electron chi connectivity index (χ0n) is 8.54. The summed E-state index contributed by atoms with van der Waals surface area (Å²) in [6.45, 7) is 4.26. The Morgan fingerprint density at radius 2 is 1.64 bits per heavy atom. The SMILES string of the molecule is Cc1cc(C)cc(-c2c[c]ccc2)c1. The lowest BCUT2D eigenvalue weighted by Gasteiger charge is -2.04. The summed E-state index contributed by atoms with van der Waals surface area (Å²) in [7, 11) is 0. The Kier molecular flexibility index (Phi) is 2.36. The van der Waals surface area contributed by atoms with Gasteiger partial charge in [-0.15, -0.1) is 0 Å². The van der Waals surface area contributed by atoms with Gasteiger partial charge in [-0.1, -0.05) is 47.5 Å². The van der Waals surface area contributed by atoms with Crippen molar-refractivity contribution in [1.82, 2.24) is 0 Å². The second-order valence-electron chi connectivity index (χ2n) is 3.67. The summed E-state index contributed by atoms with van der Waals surface area (Å²) in [5, 5.41) is 0. The van der Waals surface area contributed by atoms with E-state index in [-0.39, 0.29) is 0 Å². The third-order valence-electron chi connectivity index (χ3n) is 2.26. The van der Waals surface area contributed by atoms with Gasteiger partial charge in [0.2, 0.25) is 0 Å². The third kappa shape index (κ3) is 1.85. The van der Waals surface area contributed by atoms with Gasteiger partial charge < -0.3 is 0 Å². The van der Waals surface area contributed by atoms with Crippen molar-refractivity contribution in [1.29, 1.82) is 0 Å². The van der Waals surface area contributed by atoms with Crippen molar-refractivity contribution in [3.05, 3.63) is 59.7 Å². The van der Waals surface area contributed by atoms with Gasteiger partial charge in [0.1, 0.15) is 0 Å². The van der Waals surface area contributed by atoms with E-state index in [9.17, 15) is 0 Å². The monoisotopic (exact) mass is 181 g/mol. The predicted octanol–water partition coefficient (Wildman–Crippen LogP) is 3.77. The molecule has 0 fully saturated rings. The molecule has 0 amide bonds. The molecule has 0 N–H and O–H groups in total. The van der Waals surface area contributed by atoms with E-state index in [0.717, 1.165) is 0 Å². The van der Waals surface area contributed by atoms with Gasteiger partial charge in [-0.05, 0) is 37.1 Å². The summed E-state index contributed by atoms with van der Waals surface area (Å²) >= 11 is 0. The molecule has 0 bridgehead atoms. The van der Waals surface area contributed by atoms with Crippen LogP contribution < -0.4 is 0 Å². The zero-order valence-corrected chi connectivity index (χ0v) is 8.54. The van der Waals surface area contributed by atoms with Crippen LogP contribution in [-0.2, 0) is 0 Å². The van der Waals surface area contributed by atoms with Crippen LogP contribution in [-0.4, -0.2) is 0 Å². The Hall–Kier alpha value is -1.56. The fourth-order valence-corrected chi connectivity index (χ4v) is 1.71. The zero-order chi connectivity index (χ0) is 9.97. The fraction of sp³-hybridized carbons (Fsp3) is 0.143. The molecule has 0 atom stereocenters. The Bertz CT molecular complexity index is 407. The van der Waals surface area contributed by atoms with Crippen molar-refractivity contribution in [3.8, 4) is 11.1 Å². The molecule has 0 aliphatic heterocycles. The summed E-state index contributed by atoms with van der Waals surface area (Å²) in [6.07, 6.45) is 0. The average molecular weight is 181 g/mol. The molecule has 0 nitrogen and oxygen atoms in total. The highest BCUT2D eigenvalue weighted by atomic mass is 14.0. The second kappa shape index (κ2) is 3.67. The summed E-state index contributed by atoms with van der Waals surface area (Å²) in [5.41, 5.74) is 5.13. The van der Waals surface area contributed by atoms with Crippen LogP contribution in [0.3, 0.4) is 0 Å². The first-order valence-electron chi connectivity index (χ1n) is 4.80. The van der Waals surface area contributed by atoms with Crippen LogP contribution in [0.5, 0.6) is 0 Å². The molecule has 0 saturated carbocycles. The molecule has 0 aliphatic carbocycles. The van der Waals surface area contributed by atoms with Crippen LogP contribution in [0.1, 0.15) is 11.1 Å². The van der Waals surface area contributed by atoms with E-state index in [1.807, 2.05) is 18.2 Å². The molecule has 1 radical (unpaired) electrons. The van der Waals surface area contributed by atoms with Gasteiger partial charge in [0, 0.05) is 0 Å². The molecule has 0 aromatic heterocycles. The van der Waals surface area contributed by atoms with Crippen molar-refractivity contribution in [2.24, 2.45) is 0 Å². The predicted molar refractivity (Wildman–Crippen MR) is 60.2 cm³/mol. The average Bonchev–Trinajstić information content (AvgIpc) is 2.18. The van der Waals surface area contributed by atoms with Gasteiger partial charge in [-0.25, -0.2) is 0 Å². The van der Waals surface area contributed by atoms with E-state index < -0.39 is 0 Å². The first kappa shape index (κ1) is 9.01. The molecule has 2 aromatic rings. The van der Waals surface area contributed by atoms with Crippen LogP contribution in [0.4, 0.5) is 0 Å². The largest absolute Gasteiger partial charge is 0.0610 e. The first-order valence-corrected chi connectivity index (χ1v) is 4.80. The molecular formula is C14H13. The molecule has 0 aliphatic rings. The van der Waals surface area contributed by atoms with Crippen LogP contribution in [0.2, 0.25) is 0 Å². The molecule has 0 unspecified atom stereocenters. The Morgan fingerprint density at radius 1 is 0.929 bits per heavy atom. The van der Waals surface area contributed by atoms with Gasteiger partial charge in [-0.2, -0.15) is 0 Å². The van der Waals surface area contributed by atoms with Crippen LogP contribution >= 0.6 is 0 Å². The molecule has 0 heterocycles. The van der Waals surface area contributed by atoms with E-state index in [2.05, 4.69) is 44.2 Å². The highest BCUT2D eigenvalue weighted by molar-refractivity contribution is 5.64. The highest BCUT2D eigenvalue weighted by Crippen LogP contribution is 2.21. The lowest BCUT2D eigenvalue weighted by Crippen LogP contribution is -1.81. The van der Waals surface area contributed by atoms with Crippen LogP contribution in [0, 0.1) is 19.9 Å². The molecule has 2 aromatic carbocycles. The fourth-order valence-electron chi connectivity index (χ4n) is 1.71. The molecule has 0 saturated heterocycles. The molecular weight excluding hydrogens is 168 g/mol. The summed E-state index contributed by atoms with van der Waals surface area (Å²) in [4.78, 5) is 0. The minimum Gasteiger partial charge on any atom is -0.0610 e. The van der Waals surface area contributed by atoms with Crippen molar-refractivity contribution in [3.63, 3.8) is 0 Å². The maximum absolute atomic E-state index is 3.10. The smallest absolute Gasteiger partial charge is 0.0178 e. The summed E-state index contributed by atoms with van der Waals surface area (Å²) in [6, 6.07) is 17.8. The standard InChI is InChI=1S/C14H13/c1-11-8-12(2)10-14(9-11)13-6-4-3-5-7-13/h3-4,6-10H,1-2H3. The number of aryl methyl sites for hydroxylation is 2. The lowest BCUT2D eigenvalue weighted by atomic mass is 10.0. The van der Waals surface area contributed by atoms with E-state index in [4.69, 9.17) is 0 Å². The Balaban J connectivity index is 2.52. The Morgan fingerprint density at radius 3 is 2.21 bits per heavy atom. The molecule has 2 rings (SSSR count). The van der Waals surface area contributed by atoms with Crippen molar-refractivity contribution >= 4 is 0 Å².